The maximum absolute atomic E-state index is 12.7. The molecule has 28 heavy (non-hydrogen) atoms. The molecule has 0 amide bonds. The van der Waals surface area contributed by atoms with E-state index in [0.29, 0.717) is 23.2 Å². The van der Waals surface area contributed by atoms with E-state index < -0.39 is 10.0 Å². The minimum Gasteiger partial charge on any atom is -0.495 e. The lowest BCUT2D eigenvalue weighted by Crippen LogP contribution is -2.39. The van der Waals surface area contributed by atoms with E-state index in [4.69, 9.17) is 16.3 Å². The quantitative estimate of drug-likeness (QED) is 0.706. The molecule has 1 heterocycles. The number of rotatable bonds is 8. The van der Waals surface area contributed by atoms with E-state index >= 15 is 0 Å². The third-order valence-corrected chi connectivity index (χ3v) is 6.92. The Balaban J connectivity index is 1.48. The lowest BCUT2D eigenvalue weighted by Gasteiger charge is -2.32. The Morgan fingerprint density at radius 2 is 1.86 bits per heavy atom. The molecular weight excluding hydrogens is 396 g/mol. The average Bonchev–Trinajstić information content (AvgIpc) is 2.72. The Kier molecular flexibility index (Phi) is 7.35. The minimum atomic E-state index is -3.66. The molecule has 152 valence electrons. The fraction of sp³-hybridized carbons (Fsp3) is 0.429. The van der Waals surface area contributed by atoms with Crippen LogP contribution in [0.4, 0.5) is 0 Å². The molecule has 0 unspecified atom stereocenters. The van der Waals surface area contributed by atoms with Crippen LogP contribution >= 0.6 is 11.6 Å². The first-order valence-corrected chi connectivity index (χ1v) is 11.4. The van der Waals surface area contributed by atoms with Crippen molar-refractivity contribution in [1.82, 2.24) is 9.62 Å². The van der Waals surface area contributed by atoms with E-state index in [1.54, 1.807) is 12.1 Å². The largest absolute Gasteiger partial charge is 0.495 e. The number of likely N-dealkylation sites (tertiary alicyclic amines) is 1. The number of hydrogen-bond donors (Lipinski definition) is 1. The van der Waals surface area contributed by atoms with Gasteiger partial charge in [-0.25, -0.2) is 13.1 Å². The third-order valence-electron chi connectivity index (χ3n) is 5.24. The summed E-state index contributed by atoms with van der Waals surface area (Å²) >= 11 is 5.97. The highest BCUT2D eigenvalue weighted by molar-refractivity contribution is 7.89. The van der Waals surface area contributed by atoms with Crippen molar-refractivity contribution in [2.24, 2.45) is 5.92 Å². The van der Waals surface area contributed by atoms with Crippen LogP contribution in [0.5, 0.6) is 5.75 Å². The summed E-state index contributed by atoms with van der Waals surface area (Å²) < 4.78 is 33.2. The van der Waals surface area contributed by atoms with Gasteiger partial charge in [0, 0.05) is 18.1 Å². The molecule has 3 rings (SSSR count). The van der Waals surface area contributed by atoms with Crippen molar-refractivity contribution in [2.75, 3.05) is 33.3 Å². The highest BCUT2D eigenvalue weighted by Crippen LogP contribution is 2.27. The van der Waals surface area contributed by atoms with Crippen LogP contribution in [0.2, 0.25) is 5.02 Å². The van der Waals surface area contributed by atoms with E-state index in [1.165, 1.54) is 18.7 Å². The first-order chi connectivity index (χ1) is 13.5. The van der Waals surface area contributed by atoms with Gasteiger partial charge in [-0.05, 0) is 62.0 Å². The van der Waals surface area contributed by atoms with Gasteiger partial charge in [0.15, 0.2) is 0 Å². The van der Waals surface area contributed by atoms with Crippen LogP contribution in [0, 0.1) is 5.92 Å². The van der Waals surface area contributed by atoms with Gasteiger partial charge >= 0.3 is 0 Å². The fourth-order valence-electron chi connectivity index (χ4n) is 3.51. The number of nitrogens with one attached hydrogen (secondary N) is 1. The summed E-state index contributed by atoms with van der Waals surface area (Å²) in [5, 5.41) is 0.368. The molecule has 1 fully saturated rings. The predicted octanol–water partition coefficient (Wildman–Crippen LogP) is 3.58. The maximum Gasteiger partial charge on any atom is 0.244 e. The number of halogens is 1. The molecule has 0 bridgehead atoms. The topological polar surface area (TPSA) is 58.6 Å². The van der Waals surface area contributed by atoms with E-state index in [2.05, 4.69) is 33.9 Å². The maximum atomic E-state index is 12.7. The van der Waals surface area contributed by atoms with E-state index in [-0.39, 0.29) is 4.90 Å². The summed E-state index contributed by atoms with van der Waals surface area (Å²) in [6, 6.07) is 15.1. The SMILES string of the molecule is COc1ccc(Cl)cc1S(=O)(=O)NCC1CCN(CCc2ccccc2)CC1. The minimum absolute atomic E-state index is 0.0859. The number of nitrogens with zero attached hydrogens (tertiary/aromatic N) is 1. The number of ether oxygens (including phenoxy) is 1. The standard InChI is InChI=1S/C21H27ClN2O3S/c1-27-20-8-7-19(22)15-21(20)28(25,26)23-16-18-10-13-24(14-11-18)12-9-17-5-3-2-4-6-17/h2-8,15,18,23H,9-14,16H2,1H3. The van der Waals surface area contributed by atoms with Crippen molar-refractivity contribution in [1.29, 1.82) is 0 Å². The molecule has 2 aromatic rings. The van der Waals surface area contributed by atoms with Crippen LogP contribution in [-0.4, -0.2) is 46.6 Å². The molecule has 7 heteroatoms. The molecule has 2 aromatic carbocycles. The van der Waals surface area contributed by atoms with Gasteiger partial charge in [-0.2, -0.15) is 0 Å². The molecule has 5 nitrogen and oxygen atoms in total. The Morgan fingerprint density at radius 1 is 1.14 bits per heavy atom. The van der Waals surface area contributed by atoms with Crippen molar-refractivity contribution in [3.63, 3.8) is 0 Å². The van der Waals surface area contributed by atoms with Gasteiger partial charge in [-0.1, -0.05) is 41.9 Å². The molecule has 1 aliphatic heterocycles. The fourth-order valence-corrected chi connectivity index (χ4v) is 5.06. The summed E-state index contributed by atoms with van der Waals surface area (Å²) in [6.07, 6.45) is 3.03. The van der Waals surface area contributed by atoms with Crippen LogP contribution in [0.1, 0.15) is 18.4 Å². The van der Waals surface area contributed by atoms with Gasteiger partial charge in [0.05, 0.1) is 7.11 Å². The molecule has 0 aromatic heterocycles. The van der Waals surface area contributed by atoms with Crippen molar-refractivity contribution in [3.05, 3.63) is 59.1 Å². The van der Waals surface area contributed by atoms with Gasteiger partial charge in [0.2, 0.25) is 10.0 Å². The van der Waals surface area contributed by atoms with Crippen LogP contribution in [0.3, 0.4) is 0 Å². The van der Waals surface area contributed by atoms with E-state index in [9.17, 15) is 8.42 Å². The van der Waals surface area contributed by atoms with E-state index in [1.807, 2.05) is 6.07 Å². The molecule has 1 saturated heterocycles. The zero-order chi connectivity index (χ0) is 20.0. The smallest absolute Gasteiger partial charge is 0.244 e. The zero-order valence-electron chi connectivity index (χ0n) is 16.1. The van der Waals surface area contributed by atoms with Gasteiger partial charge in [-0.15, -0.1) is 0 Å². The van der Waals surface area contributed by atoms with Crippen LogP contribution in [0.15, 0.2) is 53.4 Å². The molecule has 1 aliphatic rings. The summed E-state index contributed by atoms with van der Waals surface area (Å²) in [5.41, 5.74) is 1.35. The summed E-state index contributed by atoms with van der Waals surface area (Å²) in [6.45, 7) is 3.48. The Hall–Kier alpha value is -1.60. The highest BCUT2D eigenvalue weighted by atomic mass is 35.5. The van der Waals surface area contributed by atoms with Crippen LogP contribution < -0.4 is 9.46 Å². The molecule has 0 radical (unpaired) electrons. The zero-order valence-corrected chi connectivity index (χ0v) is 17.7. The molecular formula is C21H27ClN2O3S. The normalized spacial score (nSPS) is 16.2. The Bertz CT molecular complexity index is 866. The number of benzene rings is 2. The summed E-state index contributed by atoms with van der Waals surface area (Å²) in [4.78, 5) is 2.54. The summed E-state index contributed by atoms with van der Waals surface area (Å²) in [5.74, 6) is 0.639. The monoisotopic (exact) mass is 422 g/mol. The van der Waals surface area contributed by atoms with Crippen molar-refractivity contribution in [2.45, 2.75) is 24.2 Å². The van der Waals surface area contributed by atoms with Gasteiger partial charge < -0.3 is 9.64 Å². The van der Waals surface area contributed by atoms with Crippen molar-refractivity contribution < 1.29 is 13.2 Å². The number of hydrogen-bond acceptors (Lipinski definition) is 4. The first-order valence-electron chi connectivity index (χ1n) is 9.57. The lowest BCUT2D eigenvalue weighted by atomic mass is 9.97. The molecule has 1 N–H and O–H groups in total. The second-order valence-electron chi connectivity index (χ2n) is 7.17. The van der Waals surface area contributed by atoms with Gasteiger partial charge in [0.25, 0.3) is 0 Å². The number of sulfonamides is 1. The van der Waals surface area contributed by atoms with Crippen molar-refractivity contribution in [3.8, 4) is 5.75 Å². The Labute approximate surface area is 172 Å². The molecule has 0 saturated carbocycles. The number of piperidine rings is 1. The van der Waals surface area contributed by atoms with Crippen LogP contribution in [-0.2, 0) is 16.4 Å². The van der Waals surface area contributed by atoms with E-state index in [0.717, 1.165) is 38.9 Å². The number of methoxy groups -OCH3 is 1. The average molecular weight is 423 g/mol. The molecule has 0 atom stereocenters. The van der Waals surface area contributed by atoms with Gasteiger partial charge in [-0.3, -0.25) is 0 Å². The molecule has 0 spiro atoms. The summed E-state index contributed by atoms with van der Waals surface area (Å²) in [7, 11) is -2.21. The predicted molar refractivity (Wildman–Crippen MR) is 113 cm³/mol. The highest BCUT2D eigenvalue weighted by Gasteiger charge is 2.24. The van der Waals surface area contributed by atoms with Gasteiger partial charge in [0.1, 0.15) is 10.6 Å². The lowest BCUT2D eigenvalue weighted by molar-refractivity contribution is 0.187. The van der Waals surface area contributed by atoms with Crippen LogP contribution in [0.25, 0.3) is 0 Å². The second kappa shape index (κ2) is 9.74. The Morgan fingerprint density at radius 3 is 2.54 bits per heavy atom. The second-order valence-corrected chi connectivity index (χ2v) is 9.34. The third kappa shape index (κ3) is 5.70. The molecule has 0 aliphatic carbocycles. The van der Waals surface area contributed by atoms with Crippen molar-refractivity contribution >= 4 is 21.6 Å². The first kappa shape index (κ1) is 21.1.